The molecule has 0 radical (unpaired) electrons. The molecule has 3 heteroatoms. The van der Waals surface area contributed by atoms with E-state index in [9.17, 15) is 0 Å². The van der Waals surface area contributed by atoms with E-state index in [0.717, 1.165) is 0 Å². The minimum atomic E-state index is 0.233. The molecule has 0 aromatic rings. The molecule has 2 N–H and O–H groups in total. The molecule has 1 rings (SSSR count). The largest absolute Gasteiger partial charge is 0.285 e. The fourth-order valence-corrected chi connectivity index (χ4v) is 0.775. The van der Waals surface area contributed by atoms with Crippen molar-refractivity contribution >= 4 is 0 Å². The standard InChI is InChI=1S/C6H14N2O/c1-6(2,3)5-7-4-9-8-5/h5,7-8H,4H2,1-3H3. The van der Waals surface area contributed by atoms with E-state index < -0.39 is 0 Å². The Kier molecular flexibility index (Phi) is 1.75. The molecule has 0 amide bonds. The van der Waals surface area contributed by atoms with Gasteiger partial charge < -0.3 is 0 Å². The van der Waals surface area contributed by atoms with E-state index >= 15 is 0 Å². The van der Waals surface area contributed by atoms with Gasteiger partial charge in [-0.05, 0) is 5.41 Å². The number of hydrogen-bond acceptors (Lipinski definition) is 3. The van der Waals surface area contributed by atoms with Crippen LogP contribution < -0.4 is 10.8 Å². The van der Waals surface area contributed by atoms with Crippen LogP contribution in [0.3, 0.4) is 0 Å². The van der Waals surface area contributed by atoms with Crippen molar-refractivity contribution in [1.82, 2.24) is 10.8 Å². The van der Waals surface area contributed by atoms with Crippen molar-refractivity contribution in [1.29, 1.82) is 0 Å². The Morgan fingerprint density at radius 3 is 2.33 bits per heavy atom. The predicted octanol–water partition coefficient (Wildman–Crippen LogP) is 0.441. The van der Waals surface area contributed by atoms with Gasteiger partial charge in [-0.15, -0.1) is 0 Å². The van der Waals surface area contributed by atoms with Crippen molar-refractivity contribution in [3.05, 3.63) is 0 Å². The molecule has 9 heavy (non-hydrogen) atoms. The first-order valence-corrected chi connectivity index (χ1v) is 3.21. The van der Waals surface area contributed by atoms with Crippen molar-refractivity contribution < 1.29 is 4.84 Å². The van der Waals surface area contributed by atoms with Crippen molar-refractivity contribution in [2.24, 2.45) is 5.41 Å². The molecule has 1 unspecified atom stereocenters. The molecule has 0 aromatic heterocycles. The Bertz CT molecular complexity index is 91.7. The number of hydrogen-bond donors (Lipinski definition) is 2. The van der Waals surface area contributed by atoms with Crippen LogP contribution in [0.25, 0.3) is 0 Å². The van der Waals surface area contributed by atoms with Gasteiger partial charge in [0.15, 0.2) is 0 Å². The highest BCUT2D eigenvalue weighted by Gasteiger charge is 2.27. The third-order valence-corrected chi connectivity index (χ3v) is 1.43. The van der Waals surface area contributed by atoms with E-state index in [1.54, 1.807) is 0 Å². The molecule has 1 heterocycles. The minimum Gasteiger partial charge on any atom is -0.285 e. The maximum atomic E-state index is 4.92. The Hall–Kier alpha value is -0.120. The average Bonchev–Trinajstić information content (AvgIpc) is 2.08. The third-order valence-electron chi connectivity index (χ3n) is 1.43. The predicted molar refractivity (Wildman–Crippen MR) is 35.5 cm³/mol. The van der Waals surface area contributed by atoms with Crippen molar-refractivity contribution in [2.75, 3.05) is 6.73 Å². The van der Waals surface area contributed by atoms with Crippen LogP contribution in [-0.4, -0.2) is 12.9 Å². The zero-order chi connectivity index (χ0) is 6.91. The average molecular weight is 130 g/mol. The van der Waals surface area contributed by atoms with Crippen LogP contribution in [0.5, 0.6) is 0 Å². The maximum absolute atomic E-state index is 4.92. The first-order valence-electron chi connectivity index (χ1n) is 3.21. The van der Waals surface area contributed by atoms with Crippen molar-refractivity contribution in [3.63, 3.8) is 0 Å². The lowest BCUT2D eigenvalue weighted by molar-refractivity contribution is 0.0668. The molecule has 0 spiro atoms. The lowest BCUT2D eigenvalue weighted by Crippen LogP contribution is -2.42. The summed E-state index contributed by atoms with van der Waals surface area (Å²) in [6, 6.07) is 0. The fraction of sp³-hybridized carbons (Fsp3) is 1.00. The van der Waals surface area contributed by atoms with Gasteiger partial charge in [0.2, 0.25) is 0 Å². The smallest absolute Gasteiger partial charge is 0.120 e. The number of nitrogens with one attached hydrogen (secondary N) is 2. The summed E-state index contributed by atoms with van der Waals surface area (Å²) >= 11 is 0. The highest BCUT2D eigenvalue weighted by molar-refractivity contribution is 4.76. The lowest BCUT2D eigenvalue weighted by Gasteiger charge is -2.24. The van der Waals surface area contributed by atoms with Gasteiger partial charge in [-0.1, -0.05) is 20.8 Å². The van der Waals surface area contributed by atoms with E-state index in [2.05, 4.69) is 31.6 Å². The maximum Gasteiger partial charge on any atom is 0.120 e. The zero-order valence-corrected chi connectivity index (χ0v) is 6.19. The normalized spacial score (nSPS) is 29.0. The molecule has 0 bridgehead atoms. The molecule has 0 aliphatic carbocycles. The second kappa shape index (κ2) is 2.25. The van der Waals surface area contributed by atoms with Crippen LogP contribution in [0.4, 0.5) is 0 Å². The second-order valence-corrected chi connectivity index (χ2v) is 3.41. The molecule has 1 fully saturated rings. The monoisotopic (exact) mass is 130 g/mol. The lowest BCUT2D eigenvalue weighted by atomic mass is 9.93. The molecule has 54 valence electrons. The van der Waals surface area contributed by atoms with Crippen LogP contribution in [0.15, 0.2) is 0 Å². The van der Waals surface area contributed by atoms with E-state index in [-0.39, 0.29) is 11.6 Å². The van der Waals surface area contributed by atoms with E-state index in [4.69, 9.17) is 4.84 Å². The first kappa shape index (κ1) is 6.99. The van der Waals surface area contributed by atoms with Crippen LogP contribution in [0, 0.1) is 5.41 Å². The third kappa shape index (κ3) is 1.64. The molecular weight excluding hydrogens is 116 g/mol. The molecule has 3 nitrogen and oxygen atoms in total. The van der Waals surface area contributed by atoms with Gasteiger partial charge in [-0.25, -0.2) is 0 Å². The zero-order valence-electron chi connectivity index (χ0n) is 6.19. The van der Waals surface area contributed by atoms with Crippen LogP contribution >= 0.6 is 0 Å². The van der Waals surface area contributed by atoms with Crippen molar-refractivity contribution in [3.8, 4) is 0 Å². The number of rotatable bonds is 0. The highest BCUT2D eigenvalue weighted by atomic mass is 16.7. The summed E-state index contributed by atoms with van der Waals surface area (Å²) < 4.78 is 0. The topological polar surface area (TPSA) is 33.3 Å². The highest BCUT2D eigenvalue weighted by Crippen LogP contribution is 2.18. The summed E-state index contributed by atoms with van der Waals surface area (Å²) in [7, 11) is 0. The second-order valence-electron chi connectivity index (χ2n) is 3.41. The van der Waals surface area contributed by atoms with Crippen LogP contribution in [-0.2, 0) is 4.84 Å². The Morgan fingerprint density at radius 2 is 2.11 bits per heavy atom. The van der Waals surface area contributed by atoms with Gasteiger partial charge in [0.25, 0.3) is 0 Å². The van der Waals surface area contributed by atoms with Gasteiger partial charge >= 0.3 is 0 Å². The number of hydroxylamine groups is 1. The summed E-state index contributed by atoms with van der Waals surface area (Å²) in [6.07, 6.45) is 0.289. The molecule has 1 saturated heterocycles. The minimum absolute atomic E-state index is 0.233. The fourth-order valence-electron chi connectivity index (χ4n) is 0.775. The van der Waals surface area contributed by atoms with Crippen LogP contribution in [0.1, 0.15) is 20.8 Å². The molecular formula is C6H14N2O. The Labute approximate surface area is 55.7 Å². The molecule has 1 atom stereocenters. The summed E-state index contributed by atoms with van der Waals surface area (Å²) in [5.74, 6) is 0. The van der Waals surface area contributed by atoms with Gasteiger partial charge in [0.1, 0.15) is 6.73 Å². The van der Waals surface area contributed by atoms with E-state index in [1.807, 2.05) is 0 Å². The van der Waals surface area contributed by atoms with Gasteiger partial charge in [0.05, 0.1) is 6.17 Å². The van der Waals surface area contributed by atoms with E-state index in [0.29, 0.717) is 6.73 Å². The summed E-state index contributed by atoms with van der Waals surface area (Å²) in [4.78, 5) is 4.92. The van der Waals surface area contributed by atoms with Gasteiger partial charge in [0, 0.05) is 0 Å². The quantitative estimate of drug-likeness (QED) is 0.499. The van der Waals surface area contributed by atoms with Gasteiger partial charge in [-0.3, -0.25) is 10.2 Å². The van der Waals surface area contributed by atoms with Crippen molar-refractivity contribution in [2.45, 2.75) is 26.9 Å². The molecule has 1 aliphatic rings. The Balaban J connectivity index is 2.42. The van der Waals surface area contributed by atoms with E-state index in [1.165, 1.54) is 0 Å². The molecule has 1 aliphatic heterocycles. The Morgan fingerprint density at radius 1 is 1.44 bits per heavy atom. The summed E-state index contributed by atoms with van der Waals surface area (Å²) in [5, 5.41) is 3.16. The first-order chi connectivity index (χ1) is 4.11. The molecule has 0 aromatic carbocycles. The summed E-state index contributed by atoms with van der Waals surface area (Å²) in [6.45, 7) is 7.09. The summed E-state index contributed by atoms with van der Waals surface area (Å²) in [5.41, 5.74) is 3.12. The van der Waals surface area contributed by atoms with Gasteiger partial charge in [-0.2, -0.15) is 5.48 Å². The van der Waals surface area contributed by atoms with Crippen LogP contribution in [0.2, 0.25) is 0 Å². The SMILES string of the molecule is CC(C)(C)C1NCON1. The molecule has 0 saturated carbocycles.